The van der Waals surface area contributed by atoms with E-state index < -0.39 is 0 Å². The van der Waals surface area contributed by atoms with Crippen molar-refractivity contribution in [3.05, 3.63) is 0 Å². The molecule has 1 saturated heterocycles. The van der Waals surface area contributed by atoms with Crippen LogP contribution in [0.5, 0.6) is 0 Å². The molecule has 0 spiro atoms. The predicted octanol–water partition coefficient (Wildman–Crippen LogP) is 3.29. The average molecular weight is 253 g/mol. The number of hydrogen-bond donors (Lipinski definition) is 1. The second-order valence-electron chi connectivity index (χ2n) is 6.86. The number of hydrogen-bond acceptors (Lipinski definition) is 2. The van der Waals surface area contributed by atoms with E-state index in [1.54, 1.807) is 0 Å². The second kappa shape index (κ2) is 6.38. The summed E-state index contributed by atoms with van der Waals surface area (Å²) in [5, 5.41) is 10.2. The fourth-order valence-corrected chi connectivity index (χ4v) is 4.05. The van der Waals surface area contributed by atoms with Gasteiger partial charge in [0.2, 0.25) is 0 Å². The van der Waals surface area contributed by atoms with Gasteiger partial charge in [0, 0.05) is 12.6 Å². The predicted molar refractivity (Wildman–Crippen MR) is 76.6 cm³/mol. The van der Waals surface area contributed by atoms with Crippen molar-refractivity contribution < 1.29 is 5.11 Å². The maximum absolute atomic E-state index is 10.2. The molecule has 2 nitrogen and oxygen atoms in total. The summed E-state index contributed by atoms with van der Waals surface area (Å²) in [5.41, 5.74) is 0. The van der Waals surface area contributed by atoms with Crippen molar-refractivity contribution in [1.29, 1.82) is 0 Å². The van der Waals surface area contributed by atoms with Gasteiger partial charge in [0.15, 0.2) is 0 Å². The molecule has 0 amide bonds. The lowest BCUT2D eigenvalue weighted by atomic mass is 9.78. The summed E-state index contributed by atoms with van der Waals surface area (Å²) < 4.78 is 0. The van der Waals surface area contributed by atoms with Crippen molar-refractivity contribution in [1.82, 2.24) is 4.90 Å². The molecule has 1 aliphatic carbocycles. The van der Waals surface area contributed by atoms with E-state index in [-0.39, 0.29) is 6.10 Å². The van der Waals surface area contributed by atoms with Crippen LogP contribution in [0.25, 0.3) is 0 Å². The van der Waals surface area contributed by atoms with Crippen LogP contribution in [-0.2, 0) is 0 Å². The molecular formula is C16H31NO. The standard InChI is InChI=1S/C16H31NO/c1-4-13-7-8-16(18)14(10-13)11-17-9-5-6-15(17)12(2)3/h12-16,18H,4-11H2,1-3H3. The van der Waals surface area contributed by atoms with Crippen LogP contribution in [0.1, 0.15) is 59.3 Å². The second-order valence-corrected chi connectivity index (χ2v) is 6.86. The third-order valence-electron chi connectivity index (χ3n) is 5.28. The summed E-state index contributed by atoms with van der Waals surface area (Å²) in [7, 11) is 0. The maximum atomic E-state index is 10.2. The minimum atomic E-state index is -0.0405. The van der Waals surface area contributed by atoms with Crippen LogP contribution in [-0.4, -0.2) is 35.2 Å². The Bertz CT molecular complexity index is 253. The minimum Gasteiger partial charge on any atom is -0.393 e. The fourth-order valence-electron chi connectivity index (χ4n) is 4.05. The first-order chi connectivity index (χ1) is 8.61. The van der Waals surface area contributed by atoms with Crippen molar-refractivity contribution >= 4 is 0 Å². The van der Waals surface area contributed by atoms with Gasteiger partial charge in [0.25, 0.3) is 0 Å². The normalized spacial score (nSPS) is 38.5. The molecule has 1 N–H and O–H groups in total. The Morgan fingerprint density at radius 3 is 2.67 bits per heavy atom. The SMILES string of the molecule is CCC1CCC(O)C(CN2CCCC2C(C)C)C1. The van der Waals surface area contributed by atoms with Crippen molar-refractivity contribution in [2.45, 2.75) is 71.4 Å². The first kappa shape index (κ1) is 14.3. The van der Waals surface area contributed by atoms with E-state index in [2.05, 4.69) is 25.7 Å². The number of likely N-dealkylation sites (tertiary alicyclic amines) is 1. The summed E-state index contributed by atoms with van der Waals surface area (Å²) in [4.78, 5) is 2.66. The molecule has 18 heavy (non-hydrogen) atoms. The van der Waals surface area contributed by atoms with Crippen LogP contribution in [0.2, 0.25) is 0 Å². The van der Waals surface area contributed by atoms with Gasteiger partial charge < -0.3 is 5.11 Å². The molecule has 1 aliphatic heterocycles. The molecule has 4 unspecified atom stereocenters. The largest absolute Gasteiger partial charge is 0.393 e. The maximum Gasteiger partial charge on any atom is 0.0580 e. The highest BCUT2D eigenvalue weighted by atomic mass is 16.3. The highest BCUT2D eigenvalue weighted by Crippen LogP contribution is 2.34. The van der Waals surface area contributed by atoms with Crippen LogP contribution in [0.15, 0.2) is 0 Å². The van der Waals surface area contributed by atoms with Gasteiger partial charge in [-0.1, -0.05) is 27.2 Å². The topological polar surface area (TPSA) is 23.5 Å². The highest BCUT2D eigenvalue weighted by Gasteiger charge is 2.34. The van der Waals surface area contributed by atoms with E-state index in [9.17, 15) is 5.11 Å². The van der Waals surface area contributed by atoms with Crippen molar-refractivity contribution in [3.63, 3.8) is 0 Å². The van der Waals surface area contributed by atoms with Gasteiger partial charge in [-0.15, -0.1) is 0 Å². The molecule has 0 bridgehead atoms. The molecule has 0 aromatic carbocycles. The first-order valence-corrected chi connectivity index (χ1v) is 8.04. The molecule has 2 aliphatic rings. The third-order valence-corrected chi connectivity index (χ3v) is 5.28. The summed E-state index contributed by atoms with van der Waals surface area (Å²) in [5.74, 6) is 2.15. The van der Waals surface area contributed by atoms with Gasteiger partial charge >= 0.3 is 0 Å². The molecule has 106 valence electrons. The van der Waals surface area contributed by atoms with Gasteiger partial charge in [0.05, 0.1) is 6.10 Å². The van der Waals surface area contributed by atoms with E-state index >= 15 is 0 Å². The lowest BCUT2D eigenvalue weighted by Crippen LogP contribution is -2.42. The Kier molecular flexibility index (Phi) is 5.08. The van der Waals surface area contributed by atoms with Crippen LogP contribution < -0.4 is 0 Å². The van der Waals surface area contributed by atoms with Crippen molar-refractivity contribution in [2.24, 2.45) is 17.8 Å². The molecule has 1 saturated carbocycles. The fraction of sp³-hybridized carbons (Fsp3) is 1.00. The summed E-state index contributed by atoms with van der Waals surface area (Å²) in [6.45, 7) is 9.37. The molecule has 4 atom stereocenters. The van der Waals surface area contributed by atoms with Crippen LogP contribution in [0.3, 0.4) is 0 Å². The molecule has 0 aromatic heterocycles. The number of aliphatic hydroxyl groups is 1. The van der Waals surface area contributed by atoms with Crippen LogP contribution in [0, 0.1) is 17.8 Å². The van der Waals surface area contributed by atoms with Gasteiger partial charge in [0.1, 0.15) is 0 Å². The van der Waals surface area contributed by atoms with Crippen molar-refractivity contribution in [2.75, 3.05) is 13.1 Å². The molecular weight excluding hydrogens is 222 g/mol. The van der Waals surface area contributed by atoms with E-state index in [1.165, 1.54) is 38.6 Å². The van der Waals surface area contributed by atoms with Crippen LogP contribution in [0.4, 0.5) is 0 Å². The van der Waals surface area contributed by atoms with Gasteiger partial charge in [-0.2, -0.15) is 0 Å². The number of aliphatic hydroxyl groups excluding tert-OH is 1. The molecule has 0 radical (unpaired) electrons. The Labute approximate surface area is 113 Å². The van der Waals surface area contributed by atoms with Crippen molar-refractivity contribution in [3.8, 4) is 0 Å². The van der Waals surface area contributed by atoms with Gasteiger partial charge in [-0.3, -0.25) is 4.90 Å². The van der Waals surface area contributed by atoms with Crippen LogP contribution >= 0.6 is 0 Å². The molecule has 2 rings (SSSR count). The number of nitrogens with zero attached hydrogens (tertiary/aromatic N) is 1. The Morgan fingerprint density at radius 1 is 1.22 bits per heavy atom. The Morgan fingerprint density at radius 2 is 2.00 bits per heavy atom. The molecule has 2 heteroatoms. The monoisotopic (exact) mass is 253 g/mol. The van der Waals surface area contributed by atoms with Gasteiger partial charge in [-0.25, -0.2) is 0 Å². The van der Waals surface area contributed by atoms with E-state index in [0.29, 0.717) is 5.92 Å². The first-order valence-electron chi connectivity index (χ1n) is 8.04. The molecule has 2 fully saturated rings. The molecule has 1 heterocycles. The zero-order chi connectivity index (χ0) is 13.1. The van der Waals surface area contributed by atoms with E-state index in [4.69, 9.17) is 0 Å². The average Bonchev–Trinajstić information content (AvgIpc) is 2.80. The Hall–Kier alpha value is -0.0800. The lowest BCUT2D eigenvalue weighted by Gasteiger charge is -2.37. The van der Waals surface area contributed by atoms with Gasteiger partial charge in [-0.05, 0) is 56.4 Å². The highest BCUT2D eigenvalue weighted by molar-refractivity contribution is 4.87. The quantitative estimate of drug-likeness (QED) is 0.831. The third kappa shape index (κ3) is 3.27. The zero-order valence-electron chi connectivity index (χ0n) is 12.4. The van der Waals surface area contributed by atoms with E-state index in [1.807, 2.05) is 0 Å². The summed E-state index contributed by atoms with van der Waals surface area (Å²) >= 11 is 0. The summed E-state index contributed by atoms with van der Waals surface area (Å²) in [6, 6.07) is 0.763. The lowest BCUT2D eigenvalue weighted by molar-refractivity contribution is 0.0210. The van der Waals surface area contributed by atoms with E-state index in [0.717, 1.165) is 30.8 Å². The summed E-state index contributed by atoms with van der Waals surface area (Å²) in [6.07, 6.45) is 7.47. The Balaban J connectivity index is 1.90. The zero-order valence-corrected chi connectivity index (χ0v) is 12.4. The minimum absolute atomic E-state index is 0.0405. The smallest absolute Gasteiger partial charge is 0.0580 e. The number of rotatable bonds is 4. The molecule has 0 aromatic rings.